The van der Waals surface area contributed by atoms with Crippen molar-refractivity contribution in [1.82, 2.24) is 14.9 Å². The fraction of sp³-hybridized carbons (Fsp3) is 0.714. The van der Waals surface area contributed by atoms with Crippen LogP contribution in [0.4, 0.5) is 11.6 Å². The van der Waals surface area contributed by atoms with E-state index >= 15 is 0 Å². The van der Waals surface area contributed by atoms with Gasteiger partial charge in [0, 0.05) is 25.1 Å². The fourth-order valence-electron chi connectivity index (χ4n) is 2.84. The zero-order valence-electron chi connectivity index (χ0n) is 12.1. The lowest BCUT2D eigenvalue weighted by Crippen LogP contribution is -2.35. The Morgan fingerprint density at radius 2 is 2.10 bits per heavy atom. The SMILES string of the molecule is CN1CCCC(CNc2cc(NN)nc(C3CC3)n2)C1. The van der Waals surface area contributed by atoms with Crippen molar-refractivity contribution in [2.75, 3.05) is 37.4 Å². The zero-order chi connectivity index (χ0) is 13.9. The minimum atomic E-state index is 0.532. The molecular formula is C14H24N6. The third-order valence-corrected chi connectivity index (χ3v) is 4.13. The van der Waals surface area contributed by atoms with Gasteiger partial charge in [0.15, 0.2) is 0 Å². The number of nitrogens with one attached hydrogen (secondary N) is 2. The predicted molar refractivity (Wildman–Crippen MR) is 80.5 cm³/mol. The zero-order valence-corrected chi connectivity index (χ0v) is 12.1. The molecule has 6 heteroatoms. The van der Waals surface area contributed by atoms with Crippen molar-refractivity contribution in [2.45, 2.75) is 31.6 Å². The molecule has 2 fully saturated rings. The highest BCUT2D eigenvalue weighted by Crippen LogP contribution is 2.38. The van der Waals surface area contributed by atoms with Crippen molar-refractivity contribution < 1.29 is 0 Å². The van der Waals surface area contributed by atoms with E-state index in [1.165, 1.54) is 32.2 Å². The molecule has 0 aromatic carbocycles. The highest BCUT2D eigenvalue weighted by Gasteiger charge is 2.27. The van der Waals surface area contributed by atoms with E-state index in [2.05, 4.69) is 32.7 Å². The van der Waals surface area contributed by atoms with Gasteiger partial charge in [-0.25, -0.2) is 15.8 Å². The molecule has 0 bridgehead atoms. The quantitative estimate of drug-likeness (QED) is 0.557. The first kappa shape index (κ1) is 13.6. The number of hydrazine groups is 1. The number of nitrogens with two attached hydrogens (primary N) is 1. The molecule has 1 saturated carbocycles. The molecule has 0 radical (unpaired) electrons. The Morgan fingerprint density at radius 1 is 1.30 bits per heavy atom. The van der Waals surface area contributed by atoms with Gasteiger partial charge in [-0.1, -0.05) is 0 Å². The Kier molecular flexibility index (Phi) is 4.03. The molecule has 1 aliphatic heterocycles. The topological polar surface area (TPSA) is 79.1 Å². The second-order valence-corrected chi connectivity index (χ2v) is 6.07. The van der Waals surface area contributed by atoms with Gasteiger partial charge in [-0.05, 0) is 45.2 Å². The molecule has 0 spiro atoms. The molecule has 6 nitrogen and oxygen atoms in total. The maximum atomic E-state index is 5.49. The molecule has 2 heterocycles. The third kappa shape index (κ3) is 3.37. The van der Waals surface area contributed by atoms with Crippen molar-refractivity contribution in [3.63, 3.8) is 0 Å². The van der Waals surface area contributed by atoms with Crippen LogP contribution in [0, 0.1) is 5.92 Å². The van der Waals surface area contributed by atoms with E-state index in [1.54, 1.807) is 0 Å². The summed E-state index contributed by atoms with van der Waals surface area (Å²) in [6.07, 6.45) is 4.97. The summed E-state index contributed by atoms with van der Waals surface area (Å²) in [6, 6.07) is 1.89. The minimum Gasteiger partial charge on any atom is -0.370 e. The Hall–Kier alpha value is -1.40. The fourth-order valence-corrected chi connectivity index (χ4v) is 2.84. The molecule has 3 rings (SSSR count). The summed E-state index contributed by atoms with van der Waals surface area (Å²) in [5.41, 5.74) is 2.64. The van der Waals surface area contributed by atoms with Crippen molar-refractivity contribution >= 4 is 11.6 Å². The number of nitrogens with zero attached hydrogens (tertiary/aromatic N) is 3. The number of hydrogen-bond donors (Lipinski definition) is 3. The van der Waals surface area contributed by atoms with Gasteiger partial charge >= 0.3 is 0 Å². The first-order valence-electron chi connectivity index (χ1n) is 7.52. The normalized spacial score (nSPS) is 23.6. The van der Waals surface area contributed by atoms with Crippen molar-refractivity contribution in [3.05, 3.63) is 11.9 Å². The summed E-state index contributed by atoms with van der Waals surface area (Å²) >= 11 is 0. The standard InChI is InChI=1S/C14H24N6/c1-20-6-2-3-10(9-20)8-16-12-7-13(19-15)18-14(17-12)11-4-5-11/h7,10-11H,2-6,8-9,15H2,1H3,(H2,16,17,18,19). The molecule has 1 atom stereocenters. The van der Waals surface area contributed by atoms with Crippen LogP contribution in [0.15, 0.2) is 6.07 Å². The number of rotatable bonds is 5. The number of hydrogen-bond acceptors (Lipinski definition) is 6. The first-order chi connectivity index (χ1) is 9.74. The molecule has 2 aliphatic rings. The number of aromatic nitrogens is 2. The van der Waals surface area contributed by atoms with Gasteiger partial charge in [-0.3, -0.25) is 0 Å². The molecular weight excluding hydrogens is 252 g/mol. The number of anilines is 2. The first-order valence-corrected chi connectivity index (χ1v) is 7.52. The molecule has 1 aliphatic carbocycles. The molecule has 4 N–H and O–H groups in total. The third-order valence-electron chi connectivity index (χ3n) is 4.13. The highest BCUT2D eigenvalue weighted by atomic mass is 15.3. The molecule has 1 saturated heterocycles. The number of piperidine rings is 1. The average Bonchev–Trinajstić information content (AvgIpc) is 3.29. The van der Waals surface area contributed by atoms with Gasteiger partial charge in [0.1, 0.15) is 17.5 Å². The van der Waals surface area contributed by atoms with Crippen LogP contribution in [0.25, 0.3) is 0 Å². The van der Waals surface area contributed by atoms with Crippen LogP contribution in [0.3, 0.4) is 0 Å². The van der Waals surface area contributed by atoms with Crippen LogP contribution in [-0.4, -0.2) is 41.5 Å². The lowest BCUT2D eigenvalue weighted by molar-refractivity contribution is 0.217. The van der Waals surface area contributed by atoms with Gasteiger partial charge in [-0.15, -0.1) is 0 Å². The van der Waals surface area contributed by atoms with E-state index in [1.807, 2.05) is 6.07 Å². The summed E-state index contributed by atoms with van der Waals surface area (Å²) in [7, 11) is 2.19. The highest BCUT2D eigenvalue weighted by molar-refractivity contribution is 5.47. The lowest BCUT2D eigenvalue weighted by atomic mass is 9.98. The van der Waals surface area contributed by atoms with Gasteiger partial charge in [0.05, 0.1) is 0 Å². The summed E-state index contributed by atoms with van der Waals surface area (Å²) < 4.78 is 0. The van der Waals surface area contributed by atoms with Crippen LogP contribution < -0.4 is 16.6 Å². The summed E-state index contributed by atoms with van der Waals surface area (Å²) in [6.45, 7) is 3.35. The van der Waals surface area contributed by atoms with E-state index in [0.29, 0.717) is 17.7 Å². The molecule has 1 aromatic rings. The maximum absolute atomic E-state index is 5.49. The Labute approximate surface area is 120 Å². The maximum Gasteiger partial charge on any atom is 0.145 e. The molecule has 1 unspecified atom stereocenters. The summed E-state index contributed by atoms with van der Waals surface area (Å²) in [5, 5.41) is 3.46. The largest absolute Gasteiger partial charge is 0.370 e. The van der Waals surface area contributed by atoms with Gasteiger partial charge in [0.2, 0.25) is 0 Å². The van der Waals surface area contributed by atoms with Crippen LogP contribution in [0.2, 0.25) is 0 Å². The average molecular weight is 276 g/mol. The molecule has 20 heavy (non-hydrogen) atoms. The summed E-state index contributed by atoms with van der Waals surface area (Å²) in [4.78, 5) is 11.4. The van der Waals surface area contributed by atoms with E-state index in [0.717, 1.165) is 24.7 Å². The Balaban J connectivity index is 1.62. The van der Waals surface area contributed by atoms with Gasteiger partial charge in [-0.2, -0.15) is 0 Å². The predicted octanol–water partition coefficient (Wildman–Crippen LogP) is 1.39. The van der Waals surface area contributed by atoms with Gasteiger partial charge in [0.25, 0.3) is 0 Å². The molecule has 1 aromatic heterocycles. The minimum absolute atomic E-state index is 0.532. The van der Waals surface area contributed by atoms with Crippen LogP contribution in [0.5, 0.6) is 0 Å². The Morgan fingerprint density at radius 3 is 2.80 bits per heavy atom. The van der Waals surface area contributed by atoms with E-state index in [9.17, 15) is 0 Å². The lowest BCUT2D eigenvalue weighted by Gasteiger charge is -2.29. The van der Waals surface area contributed by atoms with E-state index in [-0.39, 0.29) is 0 Å². The van der Waals surface area contributed by atoms with Gasteiger partial charge < -0.3 is 15.6 Å². The van der Waals surface area contributed by atoms with Crippen LogP contribution in [-0.2, 0) is 0 Å². The van der Waals surface area contributed by atoms with Crippen molar-refractivity contribution in [1.29, 1.82) is 0 Å². The molecule has 110 valence electrons. The van der Waals surface area contributed by atoms with E-state index in [4.69, 9.17) is 5.84 Å². The number of likely N-dealkylation sites (tertiary alicyclic amines) is 1. The van der Waals surface area contributed by atoms with E-state index < -0.39 is 0 Å². The monoisotopic (exact) mass is 276 g/mol. The number of nitrogen functional groups attached to an aromatic ring is 1. The second kappa shape index (κ2) is 5.93. The molecule has 0 amide bonds. The second-order valence-electron chi connectivity index (χ2n) is 6.07. The smallest absolute Gasteiger partial charge is 0.145 e. The van der Waals surface area contributed by atoms with Crippen LogP contribution >= 0.6 is 0 Å². The van der Waals surface area contributed by atoms with Crippen molar-refractivity contribution in [2.24, 2.45) is 11.8 Å². The summed E-state index contributed by atoms with van der Waals surface area (Å²) in [5.74, 6) is 9.23. The van der Waals surface area contributed by atoms with Crippen LogP contribution in [0.1, 0.15) is 37.4 Å². The Bertz CT molecular complexity index is 459. The van der Waals surface area contributed by atoms with Crippen molar-refractivity contribution in [3.8, 4) is 0 Å².